The first-order chi connectivity index (χ1) is 8.01. The van der Waals surface area contributed by atoms with Crippen LogP contribution in [0.15, 0.2) is 28.7 Å². The first-order valence-electron chi connectivity index (χ1n) is 5.80. The summed E-state index contributed by atoms with van der Waals surface area (Å²) in [6, 6.07) is 8.15. The molecule has 2 N–H and O–H groups in total. The van der Waals surface area contributed by atoms with Gasteiger partial charge in [-0.1, -0.05) is 28.1 Å². The fourth-order valence-electron chi connectivity index (χ4n) is 1.82. The molecule has 0 aromatic heterocycles. The quantitative estimate of drug-likeness (QED) is 0.923. The van der Waals surface area contributed by atoms with Crippen LogP contribution >= 0.6 is 15.9 Å². The van der Waals surface area contributed by atoms with Gasteiger partial charge in [0.2, 0.25) is 5.91 Å². The summed E-state index contributed by atoms with van der Waals surface area (Å²) in [4.78, 5) is 13.7. The second-order valence-corrected chi connectivity index (χ2v) is 5.68. The van der Waals surface area contributed by atoms with Gasteiger partial charge in [0.05, 0.1) is 5.54 Å². The maximum atomic E-state index is 11.9. The Morgan fingerprint density at radius 1 is 1.53 bits per heavy atom. The maximum Gasteiger partial charge on any atom is 0.242 e. The summed E-state index contributed by atoms with van der Waals surface area (Å²) in [5.41, 5.74) is 6.56. The van der Waals surface area contributed by atoms with Crippen LogP contribution in [0.2, 0.25) is 0 Å². The van der Waals surface area contributed by atoms with E-state index in [2.05, 4.69) is 28.1 Å². The van der Waals surface area contributed by atoms with Gasteiger partial charge in [-0.3, -0.25) is 4.79 Å². The van der Waals surface area contributed by atoms with Crippen LogP contribution < -0.4 is 5.73 Å². The highest BCUT2D eigenvalue weighted by atomic mass is 79.9. The highest BCUT2D eigenvalue weighted by Crippen LogP contribution is 2.33. The third-order valence-corrected chi connectivity index (χ3v) is 3.68. The number of hydrogen-bond donors (Lipinski definition) is 1. The monoisotopic (exact) mass is 296 g/mol. The molecule has 1 aliphatic carbocycles. The van der Waals surface area contributed by atoms with Gasteiger partial charge in [-0.2, -0.15) is 0 Å². The summed E-state index contributed by atoms with van der Waals surface area (Å²) >= 11 is 3.44. The van der Waals surface area contributed by atoms with E-state index >= 15 is 0 Å². The van der Waals surface area contributed by atoms with Crippen LogP contribution in [0.25, 0.3) is 0 Å². The molecule has 1 saturated carbocycles. The van der Waals surface area contributed by atoms with Crippen molar-refractivity contribution in [1.82, 2.24) is 4.90 Å². The predicted molar refractivity (Wildman–Crippen MR) is 71.6 cm³/mol. The van der Waals surface area contributed by atoms with Crippen molar-refractivity contribution in [2.24, 2.45) is 5.73 Å². The molecule has 0 bridgehead atoms. The molecular weight excluding hydrogens is 280 g/mol. The van der Waals surface area contributed by atoms with E-state index in [1.54, 1.807) is 4.90 Å². The number of nitrogens with zero attached hydrogens (tertiary/aromatic N) is 1. The zero-order chi connectivity index (χ0) is 12.5. The molecule has 1 aromatic rings. The number of likely N-dealkylation sites (N-methyl/N-ethyl adjacent to an activating group) is 1. The van der Waals surface area contributed by atoms with Crippen molar-refractivity contribution in [2.45, 2.75) is 24.8 Å². The van der Waals surface area contributed by atoms with Crippen LogP contribution in [0.5, 0.6) is 0 Å². The van der Waals surface area contributed by atoms with Crippen LogP contribution in [0.4, 0.5) is 0 Å². The van der Waals surface area contributed by atoms with E-state index in [1.165, 1.54) is 5.56 Å². The molecule has 0 radical (unpaired) electrons. The lowest BCUT2D eigenvalue weighted by Crippen LogP contribution is -2.44. The van der Waals surface area contributed by atoms with Crippen molar-refractivity contribution in [3.05, 3.63) is 34.3 Å². The van der Waals surface area contributed by atoms with Crippen LogP contribution in [-0.2, 0) is 11.2 Å². The van der Waals surface area contributed by atoms with Crippen LogP contribution in [0.1, 0.15) is 18.4 Å². The molecule has 1 amide bonds. The first-order valence-corrected chi connectivity index (χ1v) is 6.59. The summed E-state index contributed by atoms with van der Waals surface area (Å²) in [5, 5.41) is 0. The number of halogens is 1. The molecular formula is C13H17BrN2O. The third kappa shape index (κ3) is 3.07. The SMILES string of the molecule is CN(CCc1cccc(Br)c1)C(=O)C1(N)CC1. The molecule has 92 valence electrons. The van der Waals surface area contributed by atoms with Gasteiger partial charge in [-0.25, -0.2) is 0 Å². The molecule has 3 nitrogen and oxygen atoms in total. The summed E-state index contributed by atoms with van der Waals surface area (Å²) in [7, 11) is 1.83. The minimum Gasteiger partial charge on any atom is -0.344 e. The van der Waals surface area contributed by atoms with Gasteiger partial charge in [0.25, 0.3) is 0 Å². The first kappa shape index (κ1) is 12.6. The zero-order valence-electron chi connectivity index (χ0n) is 9.95. The van der Waals surface area contributed by atoms with Gasteiger partial charge in [0.1, 0.15) is 0 Å². The van der Waals surface area contributed by atoms with E-state index in [9.17, 15) is 4.79 Å². The van der Waals surface area contributed by atoms with E-state index in [0.29, 0.717) is 6.54 Å². The van der Waals surface area contributed by atoms with Crippen molar-refractivity contribution >= 4 is 21.8 Å². The van der Waals surface area contributed by atoms with Crippen LogP contribution in [0.3, 0.4) is 0 Å². The molecule has 2 rings (SSSR count). The Kier molecular flexibility index (Phi) is 3.54. The zero-order valence-corrected chi connectivity index (χ0v) is 11.5. The van der Waals surface area contributed by atoms with Crippen molar-refractivity contribution in [3.8, 4) is 0 Å². The Labute approximate surface area is 110 Å². The smallest absolute Gasteiger partial charge is 0.242 e. The minimum atomic E-state index is -0.550. The average molecular weight is 297 g/mol. The van der Waals surface area contributed by atoms with Gasteiger partial charge in [-0.05, 0) is 37.0 Å². The van der Waals surface area contributed by atoms with Crippen molar-refractivity contribution in [3.63, 3.8) is 0 Å². The third-order valence-electron chi connectivity index (χ3n) is 3.19. The van der Waals surface area contributed by atoms with Crippen LogP contribution in [0, 0.1) is 0 Å². The number of benzene rings is 1. The average Bonchev–Trinajstić information content (AvgIpc) is 3.05. The summed E-state index contributed by atoms with van der Waals surface area (Å²) in [6.45, 7) is 0.717. The van der Waals surface area contributed by atoms with Crippen molar-refractivity contribution in [1.29, 1.82) is 0 Å². The Hall–Kier alpha value is -0.870. The van der Waals surface area contributed by atoms with Crippen molar-refractivity contribution < 1.29 is 4.79 Å². The highest BCUT2D eigenvalue weighted by molar-refractivity contribution is 9.10. The standard InChI is InChI=1S/C13H17BrN2O/c1-16(12(17)13(15)6-7-13)8-5-10-3-2-4-11(14)9-10/h2-4,9H,5-8,15H2,1H3. The van der Waals surface area contributed by atoms with E-state index in [-0.39, 0.29) is 5.91 Å². The lowest BCUT2D eigenvalue weighted by molar-refractivity contribution is -0.132. The van der Waals surface area contributed by atoms with Crippen LogP contribution in [-0.4, -0.2) is 29.9 Å². The predicted octanol–water partition coefficient (Wildman–Crippen LogP) is 1.94. The lowest BCUT2D eigenvalue weighted by Gasteiger charge is -2.20. The second-order valence-electron chi connectivity index (χ2n) is 4.76. The van der Waals surface area contributed by atoms with E-state index < -0.39 is 5.54 Å². The molecule has 0 aliphatic heterocycles. The summed E-state index contributed by atoms with van der Waals surface area (Å²) in [5.74, 6) is 0.0764. The lowest BCUT2D eigenvalue weighted by atomic mass is 10.1. The molecule has 17 heavy (non-hydrogen) atoms. The number of carbonyl (C=O) groups is 1. The van der Waals surface area contributed by atoms with Gasteiger partial charge in [0.15, 0.2) is 0 Å². The Bertz CT molecular complexity index is 429. The normalized spacial score (nSPS) is 16.6. The van der Waals surface area contributed by atoms with E-state index in [0.717, 1.165) is 23.7 Å². The fraction of sp³-hybridized carbons (Fsp3) is 0.462. The number of rotatable bonds is 4. The highest BCUT2D eigenvalue weighted by Gasteiger charge is 2.47. The topological polar surface area (TPSA) is 46.3 Å². The fourth-order valence-corrected chi connectivity index (χ4v) is 2.27. The van der Waals surface area contributed by atoms with E-state index in [1.807, 2.05) is 19.2 Å². The van der Waals surface area contributed by atoms with Gasteiger partial charge < -0.3 is 10.6 Å². The molecule has 1 aromatic carbocycles. The number of hydrogen-bond acceptors (Lipinski definition) is 2. The van der Waals surface area contributed by atoms with Gasteiger partial charge in [0, 0.05) is 18.1 Å². The molecule has 0 unspecified atom stereocenters. The largest absolute Gasteiger partial charge is 0.344 e. The molecule has 0 atom stereocenters. The molecule has 0 saturated heterocycles. The summed E-state index contributed by atoms with van der Waals surface area (Å²) < 4.78 is 1.07. The molecule has 0 heterocycles. The number of nitrogens with two attached hydrogens (primary N) is 1. The maximum absolute atomic E-state index is 11.9. The van der Waals surface area contributed by atoms with Gasteiger partial charge in [-0.15, -0.1) is 0 Å². The molecule has 0 spiro atoms. The van der Waals surface area contributed by atoms with Crippen molar-refractivity contribution in [2.75, 3.05) is 13.6 Å². The second kappa shape index (κ2) is 4.78. The molecule has 1 fully saturated rings. The number of carbonyl (C=O) groups excluding carboxylic acids is 1. The Balaban J connectivity index is 1.88. The molecule has 4 heteroatoms. The summed E-state index contributed by atoms with van der Waals surface area (Å²) in [6.07, 6.45) is 2.51. The Morgan fingerprint density at radius 3 is 2.82 bits per heavy atom. The molecule has 1 aliphatic rings. The van der Waals surface area contributed by atoms with Gasteiger partial charge >= 0.3 is 0 Å². The Morgan fingerprint density at radius 2 is 2.24 bits per heavy atom. The minimum absolute atomic E-state index is 0.0764. The number of amides is 1. The van der Waals surface area contributed by atoms with E-state index in [4.69, 9.17) is 5.73 Å².